The van der Waals surface area contributed by atoms with E-state index in [4.69, 9.17) is 9.47 Å². The Balaban J connectivity index is 2.07. The highest BCUT2D eigenvalue weighted by Crippen LogP contribution is 2.22. The first kappa shape index (κ1) is 14.2. The summed E-state index contributed by atoms with van der Waals surface area (Å²) in [5.41, 5.74) is 2.94. The van der Waals surface area contributed by atoms with E-state index in [1.807, 2.05) is 31.2 Å². The van der Waals surface area contributed by atoms with Crippen molar-refractivity contribution in [2.45, 2.75) is 13.5 Å². The van der Waals surface area contributed by atoms with Crippen molar-refractivity contribution < 1.29 is 13.9 Å². The predicted octanol–water partition coefficient (Wildman–Crippen LogP) is 3.76. The number of anilines is 1. The number of methoxy groups -OCH3 is 2. The van der Waals surface area contributed by atoms with Crippen LogP contribution in [0.25, 0.3) is 0 Å². The molecule has 20 heavy (non-hydrogen) atoms. The Hall–Kier alpha value is -2.23. The van der Waals surface area contributed by atoms with E-state index in [0.29, 0.717) is 6.54 Å². The number of halogens is 1. The smallest absolute Gasteiger partial charge is 0.165 e. The van der Waals surface area contributed by atoms with Gasteiger partial charge in [0, 0.05) is 12.2 Å². The van der Waals surface area contributed by atoms with Gasteiger partial charge in [-0.1, -0.05) is 6.07 Å². The third kappa shape index (κ3) is 3.20. The molecule has 0 heterocycles. The molecular weight excluding hydrogens is 257 g/mol. The quantitative estimate of drug-likeness (QED) is 0.901. The maximum absolute atomic E-state index is 13.6. The van der Waals surface area contributed by atoms with Crippen LogP contribution in [0.15, 0.2) is 36.4 Å². The normalized spacial score (nSPS) is 10.2. The van der Waals surface area contributed by atoms with Gasteiger partial charge in [-0.15, -0.1) is 0 Å². The maximum atomic E-state index is 13.6. The SMILES string of the molecule is COc1ccc(NCc2ccc(OC)c(F)c2)c(C)c1. The summed E-state index contributed by atoms with van der Waals surface area (Å²) in [6, 6.07) is 10.8. The number of benzene rings is 2. The van der Waals surface area contributed by atoms with Crippen LogP contribution in [0.4, 0.5) is 10.1 Å². The molecule has 0 fully saturated rings. The Kier molecular flexibility index (Phi) is 4.45. The molecule has 1 N–H and O–H groups in total. The van der Waals surface area contributed by atoms with E-state index in [2.05, 4.69) is 5.32 Å². The summed E-state index contributed by atoms with van der Waals surface area (Å²) in [4.78, 5) is 0. The van der Waals surface area contributed by atoms with Crippen LogP contribution in [-0.4, -0.2) is 14.2 Å². The fourth-order valence-electron chi connectivity index (χ4n) is 1.98. The molecule has 3 nitrogen and oxygen atoms in total. The zero-order valence-electron chi connectivity index (χ0n) is 11.9. The van der Waals surface area contributed by atoms with Crippen molar-refractivity contribution in [3.63, 3.8) is 0 Å². The van der Waals surface area contributed by atoms with Gasteiger partial charge in [0.1, 0.15) is 5.75 Å². The van der Waals surface area contributed by atoms with Crippen molar-refractivity contribution in [3.05, 3.63) is 53.3 Å². The molecule has 4 heteroatoms. The van der Waals surface area contributed by atoms with Crippen LogP contribution in [-0.2, 0) is 6.54 Å². The number of rotatable bonds is 5. The average molecular weight is 275 g/mol. The second-order valence-electron chi connectivity index (χ2n) is 4.50. The van der Waals surface area contributed by atoms with E-state index in [9.17, 15) is 4.39 Å². The third-order valence-electron chi connectivity index (χ3n) is 3.13. The summed E-state index contributed by atoms with van der Waals surface area (Å²) in [7, 11) is 3.10. The second kappa shape index (κ2) is 6.28. The van der Waals surface area contributed by atoms with E-state index in [1.165, 1.54) is 13.2 Å². The molecule has 0 aliphatic heterocycles. The van der Waals surface area contributed by atoms with Crippen LogP contribution < -0.4 is 14.8 Å². The molecule has 0 unspecified atom stereocenters. The minimum atomic E-state index is -0.349. The summed E-state index contributed by atoms with van der Waals surface area (Å²) >= 11 is 0. The standard InChI is InChI=1S/C16H18FNO2/c1-11-8-13(19-2)5-6-15(11)18-10-12-4-7-16(20-3)14(17)9-12/h4-9,18H,10H2,1-3H3. The van der Waals surface area contributed by atoms with Crippen LogP contribution in [0.3, 0.4) is 0 Å². The van der Waals surface area contributed by atoms with Gasteiger partial charge in [0.05, 0.1) is 14.2 Å². The van der Waals surface area contributed by atoms with Gasteiger partial charge in [0.15, 0.2) is 11.6 Å². The summed E-state index contributed by atoms with van der Waals surface area (Å²) in [6.07, 6.45) is 0. The van der Waals surface area contributed by atoms with Gasteiger partial charge in [-0.2, -0.15) is 0 Å². The average Bonchev–Trinajstić information content (AvgIpc) is 2.46. The molecule has 0 amide bonds. The van der Waals surface area contributed by atoms with Gasteiger partial charge in [-0.25, -0.2) is 4.39 Å². The number of ether oxygens (including phenoxy) is 2. The number of aryl methyl sites for hydroxylation is 1. The first-order valence-electron chi connectivity index (χ1n) is 6.35. The largest absolute Gasteiger partial charge is 0.497 e. The topological polar surface area (TPSA) is 30.5 Å². The Morgan fingerprint density at radius 3 is 2.45 bits per heavy atom. The first-order chi connectivity index (χ1) is 9.63. The molecule has 0 radical (unpaired) electrons. The Morgan fingerprint density at radius 1 is 1.05 bits per heavy atom. The van der Waals surface area contributed by atoms with Gasteiger partial charge in [0.2, 0.25) is 0 Å². The first-order valence-corrected chi connectivity index (χ1v) is 6.35. The highest BCUT2D eigenvalue weighted by molar-refractivity contribution is 5.53. The molecule has 0 saturated carbocycles. The maximum Gasteiger partial charge on any atom is 0.165 e. The van der Waals surface area contributed by atoms with E-state index in [-0.39, 0.29) is 11.6 Å². The lowest BCUT2D eigenvalue weighted by molar-refractivity contribution is 0.386. The molecule has 2 aromatic rings. The molecule has 2 rings (SSSR count). The molecule has 0 spiro atoms. The molecule has 106 valence electrons. The van der Waals surface area contributed by atoms with Gasteiger partial charge in [-0.3, -0.25) is 0 Å². The lowest BCUT2D eigenvalue weighted by atomic mass is 10.1. The highest BCUT2D eigenvalue weighted by atomic mass is 19.1. The van der Waals surface area contributed by atoms with Crippen LogP contribution in [0.2, 0.25) is 0 Å². The van der Waals surface area contributed by atoms with Crippen molar-refractivity contribution in [1.29, 1.82) is 0 Å². The molecule has 0 saturated heterocycles. The van der Waals surface area contributed by atoms with Gasteiger partial charge < -0.3 is 14.8 Å². The Morgan fingerprint density at radius 2 is 1.85 bits per heavy atom. The highest BCUT2D eigenvalue weighted by Gasteiger charge is 2.04. The Labute approximate surface area is 118 Å². The summed E-state index contributed by atoms with van der Waals surface area (Å²) < 4.78 is 23.6. The fraction of sp³-hybridized carbons (Fsp3) is 0.250. The van der Waals surface area contributed by atoms with Crippen molar-refractivity contribution in [3.8, 4) is 11.5 Å². The monoisotopic (exact) mass is 275 g/mol. The lowest BCUT2D eigenvalue weighted by Gasteiger charge is -2.11. The van der Waals surface area contributed by atoms with Crippen molar-refractivity contribution in [2.75, 3.05) is 19.5 Å². The van der Waals surface area contributed by atoms with Crippen LogP contribution in [0, 0.1) is 12.7 Å². The molecular formula is C16H18FNO2. The van der Waals surface area contributed by atoms with Crippen molar-refractivity contribution in [2.24, 2.45) is 0 Å². The van der Waals surface area contributed by atoms with Crippen molar-refractivity contribution >= 4 is 5.69 Å². The third-order valence-corrected chi connectivity index (χ3v) is 3.13. The van der Waals surface area contributed by atoms with E-state index in [0.717, 1.165) is 22.6 Å². The van der Waals surface area contributed by atoms with Crippen LogP contribution >= 0.6 is 0 Å². The number of hydrogen-bond acceptors (Lipinski definition) is 3. The summed E-state index contributed by atoms with van der Waals surface area (Å²) in [6.45, 7) is 2.55. The molecule has 2 aromatic carbocycles. The minimum absolute atomic E-state index is 0.259. The number of hydrogen-bond donors (Lipinski definition) is 1. The zero-order valence-corrected chi connectivity index (χ0v) is 11.9. The second-order valence-corrected chi connectivity index (χ2v) is 4.50. The fourth-order valence-corrected chi connectivity index (χ4v) is 1.98. The van der Waals surface area contributed by atoms with Crippen molar-refractivity contribution in [1.82, 2.24) is 0 Å². The van der Waals surface area contributed by atoms with E-state index >= 15 is 0 Å². The lowest BCUT2D eigenvalue weighted by Crippen LogP contribution is -2.02. The van der Waals surface area contributed by atoms with E-state index < -0.39 is 0 Å². The van der Waals surface area contributed by atoms with Crippen LogP contribution in [0.5, 0.6) is 11.5 Å². The zero-order chi connectivity index (χ0) is 14.5. The minimum Gasteiger partial charge on any atom is -0.497 e. The molecule has 0 bridgehead atoms. The van der Waals surface area contributed by atoms with E-state index in [1.54, 1.807) is 13.2 Å². The summed E-state index contributed by atoms with van der Waals surface area (Å²) in [5, 5.41) is 3.28. The van der Waals surface area contributed by atoms with Gasteiger partial charge >= 0.3 is 0 Å². The van der Waals surface area contributed by atoms with Gasteiger partial charge in [-0.05, 0) is 48.4 Å². The number of nitrogens with one attached hydrogen (secondary N) is 1. The molecule has 0 atom stereocenters. The van der Waals surface area contributed by atoms with Gasteiger partial charge in [0.25, 0.3) is 0 Å². The molecule has 0 aliphatic carbocycles. The Bertz CT molecular complexity index is 599. The van der Waals surface area contributed by atoms with Crippen LogP contribution in [0.1, 0.15) is 11.1 Å². The molecule has 0 aromatic heterocycles. The molecule has 0 aliphatic rings. The predicted molar refractivity (Wildman–Crippen MR) is 78.0 cm³/mol. The summed E-state index contributed by atoms with van der Waals surface area (Å²) in [5.74, 6) is 0.733.